The van der Waals surface area contributed by atoms with Crippen LogP contribution in [0.15, 0.2) is 51.3 Å². The second-order valence-corrected chi connectivity index (χ2v) is 4.17. The van der Waals surface area contributed by atoms with E-state index in [2.05, 4.69) is 4.98 Å². The van der Waals surface area contributed by atoms with Crippen LogP contribution >= 0.6 is 11.8 Å². The molecule has 0 aliphatic rings. The average molecular weight is 221 g/mol. The van der Waals surface area contributed by atoms with Gasteiger partial charge in [0, 0.05) is 4.90 Å². The molecule has 2 rings (SSSR count). The fourth-order valence-electron chi connectivity index (χ4n) is 1.18. The minimum Gasteiger partial charge on any atom is -0.440 e. The summed E-state index contributed by atoms with van der Waals surface area (Å²) < 4.78 is 5.12. The number of aliphatic hydroxyl groups is 1. The third kappa shape index (κ3) is 2.61. The molecule has 78 valence electrons. The zero-order chi connectivity index (χ0) is 10.7. The van der Waals surface area contributed by atoms with Crippen LogP contribution in [0.4, 0.5) is 0 Å². The highest BCUT2D eigenvalue weighted by molar-refractivity contribution is 7.99. The number of hydrogen-bond acceptors (Lipinski definition) is 4. The van der Waals surface area contributed by atoms with Gasteiger partial charge in [0.05, 0.1) is 12.3 Å². The third-order valence-corrected chi connectivity index (χ3v) is 2.86. The lowest BCUT2D eigenvalue weighted by Gasteiger charge is -2.04. The highest BCUT2D eigenvalue weighted by Crippen LogP contribution is 2.26. The summed E-state index contributed by atoms with van der Waals surface area (Å²) in [6, 6.07) is 7.68. The van der Waals surface area contributed by atoms with Crippen molar-refractivity contribution in [3.8, 4) is 0 Å². The van der Waals surface area contributed by atoms with E-state index >= 15 is 0 Å². The Hall–Kier alpha value is -1.26. The Morgan fingerprint density at radius 2 is 2.07 bits per heavy atom. The molecule has 0 amide bonds. The molecule has 0 fully saturated rings. The number of rotatable bonds is 3. The lowest BCUT2D eigenvalue weighted by Crippen LogP contribution is -1.89. The number of aromatic nitrogens is 1. The molecule has 0 aliphatic heterocycles. The van der Waals surface area contributed by atoms with Gasteiger partial charge in [-0.25, -0.2) is 4.98 Å². The molecule has 0 aliphatic carbocycles. The summed E-state index contributed by atoms with van der Waals surface area (Å²) in [6.45, 7) is 1.75. The van der Waals surface area contributed by atoms with E-state index in [1.165, 1.54) is 11.8 Å². The lowest BCUT2D eigenvalue weighted by molar-refractivity contribution is 0.199. The maximum Gasteiger partial charge on any atom is 0.260 e. The Labute approximate surface area is 92.1 Å². The molecule has 15 heavy (non-hydrogen) atoms. The Kier molecular flexibility index (Phi) is 3.08. The van der Waals surface area contributed by atoms with E-state index in [-0.39, 0.29) is 0 Å². The van der Waals surface area contributed by atoms with Gasteiger partial charge in [-0.05, 0) is 36.4 Å². The van der Waals surface area contributed by atoms with Gasteiger partial charge in [-0.3, -0.25) is 0 Å². The summed E-state index contributed by atoms with van der Waals surface area (Å²) in [6.07, 6.45) is 2.74. The van der Waals surface area contributed by atoms with Crippen molar-refractivity contribution in [2.24, 2.45) is 0 Å². The SMILES string of the molecule is CC(O)c1ccc(Sc2ncco2)cc1. The van der Waals surface area contributed by atoms with Gasteiger partial charge < -0.3 is 9.52 Å². The van der Waals surface area contributed by atoms with Crippen LogP contribution in [0.5, 0.6) is 0 Å². The van der Waals surface area contributed by atoms with Crippen LogP contribution in [0.2, 0.25) is 0 Å². The monoisotopic (exact) mass is 221 g/mol. The van der Waals surface area contributed by atoms with Crippen molar-refractivity contribution in [3.05, 3.63) is 42.3 Å². The molecule has 4 heteroatoms. The second kappa shape index (κ2) is 4.51. The van der Waals surface area contributed by atoms with Crippen LogP contribution in [0.1, 0.15) is 18.6 Å². The van der Waals surface area contributed by atoms with Gasteiger partial charge in [-0.15, -0.1) is 0 Å². The number of benzene rings is 1. The molecule has 2 aromatic rings. The van der Waals surface area contributed by atoms with Gasteiger partial charge in [0.2, 0.25) is 0 Å². The third-order valence-electron chi connectivity index (χ3n) is 1.98. The zero-order valence-corrected chi connectivity index (χ0v) is 9.07. The standard InChI is InChI=1S/C11H11NO2S/c1-8(13)9-2-4-10(5-3-9)15-11-12-6-7-14-11/h2-8,13H,1H3. The second-order valence-electron chi connectivity index (χ2n) is 3.15. The van der Waals surface area contributed by atoms with Crippen molar-refractivity contribution in [3.63, 3.8) is 0 Å². The first kappa shape index (κ1) is 10.3. The van der Waals surface area contributed by atoms with Crippen molar-refractivity contribution < 1.29 is 9.52 Å². The minimum absolute atomic E-state index is 0.425. The van der Waals surface area contributed by atoms with Gasteiger partial charge >= 0.3 is 0 Å². The highest BCUT2D eigenvalue weighted by atomic mass is 32.2. The minimum atomic E-state index is -0.425. The number of hydrogen-bond donors (Lipinski definition) is 1. The topological polar surface area (TPSA) is 46.3 Å². The molecule has 0 radical (unpaired) electrons. The predicted molar refractivity (Wildman–Crippen MR) is 57.7 cm³/mol. The average Bonchev–Trinajstić information content (AvgIpc) is 2.71. The molecule has 1 aromatic carbocycles. The van der Waals surface area contributed by atoms with Crippen LogP contribution in [0.25, 0.3) is 0 Å². The normalized spacial score (nSPS) is 12.7. The van der Waals surface area contributed by atoms with E-state index in [4.69, 9.17) is 4.42 Å². The summed E-state index contributed by atoms with van der Waals surface area (Å²) in [5.41, 5.74) is 0.909. The summed E-state index contributed by atoms with van der Waals surface area (Å²) in [7, 11) is 0. The van der Waals surface area contributed by atoms with E-state index in [1.807, 2.05) is 24.3 Å². The number of oxazole rings is 1. The van der Waals surface area contributed by atoms with Crippen molar-refractivity contribution in [1.29, 1.82) is 0 Å². The molecule has 0 spiro atoms. The molecular weight excluding hydrogens is 210 g/mol. The summed E-state index contributed by atoms with van der Waals surface area (Å²) in [5, 5.41) is 9.96. The van der Waals surface area contributed by atoms with Crippen LogP contribution in [-0.4, -0.2) is 10.1 Å². The molecule has 1 N–H and O–H groups in total. The van der Waals surface area contributed by atoms with E-state index in [0.717, 1.165) is 10.5 Å². The van der Waals surface area contributed by atoms with E-state index in [1.54, 1.807) is 19.4 Å². The van der Waals surface area contributed by atoms with Crippen LogP contribution < -0.4 is 0 Å². The fraction of sp³-hybridized carbons (Fsp3) is 0.182. The Morgan fingerprint density at radius 1 is 1.33 bits per heavy atom. The van der Waals surface area contributed by atoms with Gasteiger partial charge in [0.25, 0.3) is 5.22 Å². The Morgan fingerprint density at radius 3 is 2.60 bits per heavy atom. The van der Waals surface area contributed by atoms with E-state index in [0.29, 0.717) is 5.22 Å². The first-order valence-corrected chi connectivity index (χ1v) is 5.43. The smallest absolute Gasteiger partial charge is 0.260 e. The first-order chi connectivity index (χ1) is 7.25. The number of nitrogens with zero attached hydrogens (tertiary/aromatic N) is 1. The first-order valence-electron chi connectivity index (χ1n) is 4.61. The summed E-state index contributed by atoms with van der Waals surface area (Å²) in [4.78, 5) is 5.06. The predicted octanol–water partition coefficient (Wildman–Crippen LogP) is 2.88. The maximum absolute atomic E-state index is 9.33. The van der Waals surface area contributed by atoms with E-state index < -0.39 is 6.10 Å². The van der Waals surface area contributed by atoms with Gasteiger partial charge in [0.1, 0.15) is 6.26 Å². The molecular formula is C11H11NO2S. The molecule has 0 saturated carbocycles. The molecule has 3 nitrogen and oxygen atoms in total. The van der Waals surface area contributed by atoms with Gasteiger partial charge in [-0.1, -0.05) is 12.1 Å². The maximum atomic E-state index is 9.33. The summed E-state index contributed by atoms with van der Waals surface area (Å²) in [5.74, 6) is 0. The van der Waals surface area contributed by atoms with Crippen LogP contribution in [-0.2, 0) is 0 Å². The molecule has 1 atom stereocenters. The molecule has 1 heterocycles. The van der Waals surface area contributed by atoms with E-state index in [9.17, 15) is 5.11 Å². The highest BCUT2D eigenvalue weighted by Gasteiger charge is 2.03. The van der Waals surface area contributed by atoms with Crippen molar-refractivity contribution >= 4 is 11.8 Å². The van der Waals surface area contributed by atoms with Gasteiger partial charge in [0.15, 0.2) is 0 Å². The van der Waals surface area contributed by atoms with Crippen LogP contribution in [0, 0.1) is 0 Å². The molecule has 1 unspecified atom stereocenters. The lowest BCUT2D eigenvalue weighted by atomic mass is 10.1. The molecule has 0 bridgehead atoms. The Bertz CT molecular complexity index is 409. The van der Waals surface area contributed by atoms with Crippen molar-refractivity contribution in [2.75, 3.05) is 0 Å². The van der Waals surface area contributed by atoms with Gasteiger partial charge in [-0.2, -0.15) is 0 Å². The van der Waals surface area contributed by atoms with Crippen molar-refractivity contribution in [2.45, 2.75) is 23.1 Å². The van der Waals surface area contributed by atoms with Crippen LogP contribution in [0.3, 0.4) is 0 Å². The molecule has 1 aromatic heterocycles. The molecule has 0 saturated heterocycles. The largest absolute Gasteiger partial charge is 0.440 e. The summed E-state index contributed by atoms with van der Waals surface area (Å²) >= 11 is 1.46. The Balaban J connectivity index is 2.11. The fourth-order valence-corrected chi connectivity index (χ4v) is 1.87. The number of aliphatic hydroxyl groups excluding tert-OH is 1. The quantitative estimate of drug-likeness (QED) is 0.865. The zero-order valence-electron chi connectivity index (χ0n) is 8.25. The van der Waals surface area contributed by atoms with Crippen molar-refractivity contribution in [1.82, 2.24) is 4.98 Å².